The van der Waals surface area contributed by atoms with E-state index in [-0.39, 0.29) is 0 Å². The zero-order valence-corrected chi connectivity index (χ0v) is 18.4. The van der Waals surface area contributed by atoms with Crippen molar-refractivity contribution >= 4 is 10.9 Å². The minimum atomic E-state index is 0.703. The summed E-state index contributed by atoms with van der Waals surface area (Å²) >= 11 is 0. The lowest BCUT2D eigenvalue weighted by Crippen LogP contribution is -2.18. The first-order chi connectivity index (χ1) is 14.4. The monoisotopic (exact) mass is 405 g/mol. The standard InChI is InChI=1S/C23H27N5O2/c1-14-9-19-21(28(14)8-7-27(4)5)11-20(22-15(2)26-30-16(22)3)25-23(19)17-10-18(29-6)13-24-12-17/h9-13H,7-8H2,1-6H3. The number of rotatable bonds is 6. The van der Waals surface area contributed by atoms with Gasteiger partial charge in [0.15, 0.2) is 0 Å². The molecule has 0 atom stereocenters. The average Bonchev–Trinajstić information content (AvgIpc) is 3.23. The Morgan fingerprint density at radius 2 is 1.90 bits per heavy atom. The predicted octanol–water partition coefficient (Wildman–Crippen LogP) is 4.25. The SMILES string of the molecule is COc1cncc(-c2nc(-c3c(C)noc3C)cc3c2cc(C)n3CCN(C)C)c1. The lowest BCUT2D eigenvalue weighted by molar-refractivity contribution is 0.385. The Morgan fingerprint density at radius 1 is 1.10 bits per heavy atom. The van der Waals surface area contributed by atoms with Gasteiger partial charge >= 0.3 is 0 Å². The molecule has 0 spiro atoms. The Kier molecular flexibility index (Phi) is 5.30. The molecule has 0 bridgehead atoms. The molecule has 0 unspecified atom stereocenters. The molecule has 4 heterocycles. The number of likely N-dealkylation sites (N-methyl/N-ethyl adjacent to an activating group) is 1. The number of methoxy groups -OCH3 is 1. The van der Waals surface area contributed by atoms with Gasteiger partial charge in [0.25, 0.3) is 0 Å². The maximum atomic E-state index is 5.42. The molecule has 156 valence electrons. The summed E-state index contributed by atoms with van der Waals surface area (Å²) in [5.74, 6) is 1.46. The van der Waals surface area contributed by atoms with Crippen molar-refractivity contribution < 1.29 is 9.26 Å². The fourth-order valence-corrected chi connectivity index (χ4v) is 3.84. The number of nitrogens with zero attached hydrogens (tertiary/aromatic N) is 5. The van der Waals surface area contributed by atoms with Crippen molar-refractivity contribution in [2.45, 2.75) is 27.3 Å². The molecule has 7 nitrogen and oxygen atoms in total. The van der Waals surface area contributed by atoms with Gasteiger partial charge in [-0.3, -0.25) is 4.98 Å². The summed E-state index contributed by atoms with van der Waals surface area (Å²) in [6, 6.07) is 6.31. The lowest BCUT2D eigenvalue weighted by Gasteiger charge is -2.14. The van der Waals surface area contributed by atoms with Crippen LogP contribution in [0.2, 0.25) is 0 Å². The minimum absolute atomic E-state index is 0.703. The zero-order chi connectivity index (χ0) is 21.4. The predicted molar refractivity (Wildman–Crippen MR) is 118 cm³/mol. The largest absolute Gasteiger partial charge is 0.495 e. The molecule has 0 aromatic carbocycles. The number of aromatic nitrogens is 4. The van der Waals surface area contributed by atoms with Gasteiger partial charge in [-0.05, 0) is 53.1 Å². The van der Waals surface area contributed by atoms with Crippen molar-refractivity contribution in [1.29, 1.82) is 0 Å². The molecule has 0 aliphatic carbocycles. The van der Waals surface area contributed by atoms with Crippen LogP contribution in [0, 0.1) is 20.8 Å². The highest BCUT2D eigenvalue weighted by Crippen LogP contribution is 2.35. The van der Waals surface area contributed by atoms with E-state index >= 15 is 0 Å². The lowest BCUT2D eigenvalue weighted by atomic mass is 10.0. The van der Waals surface area contributed by atoms with Crippen molar-refractivity contribution in [2.24, 2.45) is 0 Å². The van der Waals surface area contributed by atoms with E-state index in [9.17, 15) is 0 Å². The zero-order valence-electron chi connectivity index (χ0n) is 18.4. The summed E-state index contributed by atoms with van der Waals surface area (Å²) in [5, 5.41) is 5.22. The Bertz CT molecular complexity index is 1190. The third-order valence-electron chi connectivity index (χ3n) is 5.39. The van der Waals surface area contributed by atoms with Gasteiger partial charge in [0.2, 0.25) is 0 Å². The Balaban J connectivity index is 2.00. The van der Waals surface area contributed by atoms with Gasteiger partial charge in [-0.25, -0.2) is 4.98 Å². The van der Waals surface area contributed by atoms with Crippen molar-refractivity contribution in [2.75, 3.05) is 27.7 Å². The third kappa shape index (κ3) is 3.57. The average molecular weight is 406 g/mol. The Labute approximate surface area is 176 Å². The van der Waals surface area contributed by atoms with Crippen molar-refractivity contribution in [3.63, 3.8) is 0 Å². The molecule has 0 fully saturated rings. The van der Waals surface area contributed by atoms with E-state index in [1.807, 2.05) is 26.1 Å². The summed E-state index contributed by atoms with van der Waals surface area (Å²) in [7, 11) is 5.82. The second-order valence-electron chi connectivity index (χ2n) is 7.84. The van der Waals surface area contributed by atoms with E-state index in [0.29, 0.717) is 5.75 Å². The summed E-state index contributed by atoms with van der Waals surface area (Å²) in [6.07, 6.45) is 3.53. The number of ether oxygens (including phenoxy) is 1. The molecule has 0 N–H and O–H groups in total. The molecule has 4 aromatic rings. The molecule has 7 heteroatoms. The molecule has 0 saturated heterocycles. The van der Waals surface area contributed by atoms with Crippen LogP contribution >= 0.6 is 0 Å². The molecule has 30 heavy (non-hydrogen) atoms. The van der Waals surface area contributed by atoms with Crippen LogP contribution in [0.1, 0.15) is 17.1 Å². The van der Waals surface area contributed by atoms with E-state index in [1.165, 1.54) is 5.69 Å². The number of fused-ring (bicyclic) bond motifs is 1. The molecule has 0 aliphatic rings. The molecule has 4 aromatic heterocycles. The Morgan fingerprint density at radius 3 is 2.57 bits per heavy atom. The molecular formula is C23H27N5O2. The highest BCUT2D eigenvalue weighted by Gasteiger charge is 2.19. The first-order valence-electron chi connectivity index (χ1n) is 9.97. The van der Waals surface area contributed by atoms with Crippen molar-refractivity contribution in [1.82, 2.24) is 24.6 Å². The van der Waals surface area contributed by atoms with Crippen LogP contribution in [0.25, 0.3) is 33.4 Å². The van der Waals surface area contributed by atoms with E-state index in [2.05, 4.69) is 52.8 Å². The van der Waals surface area contributed by atoms with Crippen LogP contribution in [0.3, 0.4) is 0 Å². The van der Waals surface area contributed by atoms with E-state index in [1.54, 1.807) is 13.3 Å². The summed E-state index contributed by atoms with van der Waals surface area (Å²) in [6.45, 7) is 7.84. The smallest absolute Gasteiger partial charge is 0.143 e. The second kappa shape index (κ2) is 7.91. The number of pyridine rings is 2. The quantitative estimate of drug-likeness (QED) is 0.478. The third-order valence-corrected chi connectivity index (χ3v) is 5.39. The van der Waals surface area contributed by atoms with Gasteiger partial charge in [0.05, 0.1) is 41.5 Å². The van der Waals surface area contributed by atoms with Crippen LogP contribution < -0.4 is 4.74 Å². The van der Waals surface area contributed by atoms with Gasteiger partial charge < -0.3 is 18.7 Å². The Hall–Kier alpha value is -3.19. The number of hydrogen-bond donors (Lipinski definition) is 0. The highest BCUT2D eigenvalue weighted by atomic mass is 16.5. The van der Waals surface area contributed by atoms with E-state index < -0.39 is 0 Å². The second-order valence-corrected chi connectivity index (χ2v) is 7.84. The molecule has 0 saturated carbocycles. The molecule has 0 amide bonds. The molecule has 0 aliphatic heterocycles. The van der Waals surface area contributed by atoms with Gasteiger partial charge in [-0.15, -0.1) is 0 Å². The summed E-state index contributed by atoms with van der Waals surface area (Å²) < 4.78 is 13.2. The van der Waals surface area contributed by atoms with Gasteiger partial charge in [-0.2, -0.15) is 0 Å². The maximum Gasteiger partial charge on any atom is 0.143 e. The van der Waals surface area contributed by atoms with Gasteiger partial charge in [-0.1, -0.05) is 5.16 Å². The minimum Gasteiger partial charge on any atom is -0.495 e. The van der Waals surface area contributed by atoms with Crippen LogP contribution in [0.5, 0.6) is 5.75 Å². The van der Waals surface area contributed by atoms with Crippen LogP contribution in [0.4, 0.5) is 0 Å². The van der Waals surface area contributed by atoms with Crippen LogP contribution in [0.15, 0.2) is 35.1 Å². The highest BCUT2D eigenvalue weighted by molar-refractivity contribution is 5.96. The van der Waals surface area contributed by atoms with E-state index in [0.717, 1.165) is 58.0 Å². The van der Waals surface area contributed by atoms with Gasteiger partial charge in [0.1, 0.15) is 11.5 Å². The van der Waals surface area contributed by atoms with Gasteiger partial charge in [0, 0.05) is 35.9 Å². The maximum absolute atomic E-state index is 5.42. The topological polar surface area (TPSA) is 69.2 Å². The molecule has 0 radical (unpaired) electrons. The molecule has 4 rings (SSSR count). The van der Waals surface area contributed by atoms with Crippen LogP contribution in [-0.2, 0) is 6.54 Å². The first kappa shape index (κ1) is 20.1. The fourth-order valence-electron chi connectivity index (χ4n) is 3.84. The number of aryl methyl sites for hydroxylation is 3. The van der Waals surface area contributed by atoms with Crippen LogP contribution in [-0.4, -0.2) is 52.3 Å². The fraction of sp³-hybridized carbons (Fsp3) is 0.348. The molecular weight excluding hydrogens is 378 g/mol. The van der Waals surface area contributed by atoms with Crippen molar-refractivity contribution in [3.05, 3.63) is 47.7 Å². The summed E-state index contributed by atoms with van der Waals surface area (Å²) in [4.78, 5) is 11.6. The normalized spacial score (nSPS) is 11.6. The first-order valence-corrected chi connectivity index (χ1v) is 9.97. The van der Waals surface area contributed by atoms with Crippen molar-refractivity contribution in [3.8, 4) is 28.3 Å². The summed E-state index contributed by atoms with van der Waals surface area (Å²) in [5.41, 5.74) is 6.74. The van der Waals surface area contributed by atoms with E-state index in [4.69, 9.17) is 14.2 Å². The number of hydrogen-bond acceptors (Lipinski definition) is 6.